The first-order valence-corrected chi connectivity index (χ1v) is 7.82. The molecule has 0 spiro atoms. The molecule has 2 aromatic heterocycles. The molecule has 0 bridgehead atoms. The Labute approximate surface area is 132 Å². The fraction of sp³-hybridized carbons (Fsp3) is 0.400. The lowest BCUT2D eigenvalue weighted by Crippen LogP contribution is -2.42. The lowest BCUT2D eigenvalue weighted by molar-refractivity contribution is -0.142. The Kier molecular flexibility index (Phi) is 5.32. The van der Waals surface area contributed by atoms with Crippen LogP contribution in [0.1, 0.15) is 26.0 Å². The molecular weight excluding hydrogens is 304 g/mol. The molecule has 0 saturated heterocycles. The van der Waals surface area contributed by atoms with Gasteiger partial charge in [-0.05, 0) is 18.4 Å². The van der Waals surface area contributed by atoms with Crippen molar-refractivity contribution in [3.8, 4) is 10.6 Å². The Hall–Kier alpha value is -2.15. The number of carbonyl (C=O) groups excluding carboxylic acids is 1. The summed E-state index contributed by atoms with van der Waals surface area (Å²) in [4.78, 5) is 27.5. The van der Waals surface area contributed by atoms with Crippen molar-refractivity contribution in [3.63, 3.8) is 0 Å². The second-order valence-electron chi connectivity index (χ2n) is 5.42. The number of carbonyl (C=O) groups is 2. The van der Waals surface area contributed by atoms with Crippen molar-refractivity contribution in [3.05, 3.63) is 29.7 Å². The lowest BCUT2D eigenvalue weighted by atomic mass is 10.0. The highest BCUT2D eigenvalue weighted by Crippen LogP contribution is 2.24. The molecule has 0 aliphatic carbocycles. The van der Waals surface area contributed by atoms with Crippen LogP contribution in [0.25, 0.3) is 10.6 Å². The van der Waals surface area contributed by atoms with Crippen LogP contribution in [0.2, 0.25) is 0 Å². The molecule has 1 amide bonds. The number of aromatic nitrogens is 1. The van der Waals surface area contributed by atoms with E-state index in [0.29, 0.717) is 12.1 Å². The van der Waals surface area contributed by atoms with Crippen molar-refractivity contribution in [2.45, 2.75) is 32.7 Å². The highest BCUT2D eigenvalue weighted by molar-refractivity contribution is 7.13. The van der Waals surface area contributed by atoms with Crippen LogP contribution in [-0.2, 0) is 16.0 Å². The number of aliphatic carboxylic acids is 1. The van der Waals surface area contributed by atoms with Gasteiger partial charge in [0, 0.05) is 10.9 Å². The number of nitrogens with one attached hydrogen (secondary N) is 1. The van der Waals surface area contributed by atoms with E-state index >= 15 is 0 Å². The monoisotopic (exact) mass is 322 g/mol. The molecule has 7 heteroatoms. The summed E-state index contributed by atoms with van der Waals surface area (Å²) in [5.41, 5.74) is 1.48. The van der Waals surface area contributed by atoms with Gasteiger partial charge in [0.15, 0.2) is 0 Å². The van der Waals surface area contributed by atoms with Gasteiger partial charge in [-0.15, -0.1) is 11.3 Å². The topological polar surface area (TPSA) is 92.4 Å². The van der Waals surface area contributed by atoms with E-state index in [9.17, 15) is 9.59 Å². The van der Waals surface area contributed by atoms with E-state index in [2.05, 4.69) is 10.3 Å². The van der Waals surface area contributed by atoms with Crippen LogP contribution in [0.4, 0.5) is 0 Å². The molecule has 2 rings (SSSR count). The zero-order chi connectivity index (χ0) is 16.1. The van der Waals surface area contributed by atoms with Gasteiger partial charge >= 0.3 is 5.97 Å². The van der Waals surface area contributed by atoms with E-state index in [1.165, 1.54) is 11.3 Å². The van der Waals surface area contributed by atoms with E-state index in [1.54, 1.807) is 24.0 Å². The van der Waals surface area contributed by atoms with Crippen LogP contribution in [0.3, 0.4) is 0 Å². The van der Waals surface area contributed by atoms with Gasteiger partial charge in [0.25, 0.3) is 0 Å². The number of rotatable bonds is 7. The fourth-order valence-electron chi connectivity index (χ4n) is 2.01. The third-order valence-electron chi connectivity index (χ3n) is 3.00. The average molecular weight is 322 g/mol. The van der Waals surface area contributed by atoms with Gasteiger partial charge < -0.3 is 14.8 Å². The molecular formula is C15H18N2O4S. The van der Waals surface area contributed by atoms with Crippen molar-refractivity contribution >= 4 is 23.2 Å². The first-order chi connectivity index (χ1) is 10.5. The maximum Gasteiger partial charge on any atom is 0.326 e. The van der Waals surface area contributed by atoms with Crippen LogP contribution in [-0.4, -0.2) is 28.0 Å². The van der Waals surface area contributed by atoms with Crippen molar-refractivity contribution in [1.82, 2.24) is 10.3 Å². The summed E-state index contributed by atoms with van der Waals surface area (Å²) in [5, 5.41) is 14.2. The quantitative estimate of drug-likeness (QED) is 0.817. The summed E-state index contributed by atoms with van der Waals surface area (Å²) >= 11 is 1.42. The van der Waals surface area contributed by atoms with Crippen molar-refractivity contribution in [2.75, 3.05) is 0 Å². The number of furan rings is 1. The molecule has 0 saturated carbocycles. The summed E-state index contributed by atoms with van der Waals surface area (Å²) in [6.45, 7) is 3.83. The van der Waals surface area contributed by atoms with E-state index in [4.69, 9.17) is 9.52 Å². The predicted octanol–water partition coefficient (Wildman–Crippen LogP) is 2.56. The fourth-order valence-corrected chi connectivity index (χ4v) is 2.82. The average Bonchev–Trinajstić information content (AvgIpc) is 3.07. The van der Waals surface area contributed by atoms with Crippen molar-refractivity contribution < 1.29 is 19.1 Å². The molecule has 2 heterocycles. The van der Waals surface area contributed by atoms with E-state index in [1.807, 2.05) is 13.8 Å². The van der Waals surface area contributed by atoms with Crippen molar-refractivity contribution in [2.24, 2.45) is 5.92 Å². The van der Waals surface area contributed by atoms with Gasteiger partial charge in [0.05, 0.1) is 18.4 Å². The maximum absolute atomic E-state index is 12.0. The number of carboxylic acid groups (broad SMARTS) is 1. The van der Waals surface area contributed by atoms with Crippen LogP contribution < -0.4 is 5.32 Å². The largest absolute Gasteiger partial charge is 0.480 e. The Bertz CT molecular complexity index is 634. The highest BCUT2D eigenvalue weighted by Gasteiger charge is 2.21. The molecule has 118 valence electrons. The summed E-state index contributed by atoms with van der Waals surface area (Å²) in [5.74, 6) is -1.16. The minimum absolute atomic E-state index is 0.0657. The summed E-state index contributed by atoms with van der Waals surface area (Å²) < 4.78 is 5.00. The van der Waals surface area contributed by atoms with E-state index in [0.717, 1.165) is 10.6 Å². The van der Waals surface area contributed by atoms with Gasteiger partial charge in [-0.3, -0.25) is 4.79 Å². The normalized spacial score (nSPS) is 12.3. The second-order valence-corrected chi connectivity index (χ2v) is 6.28. The van der Waals surface area contributed by atoms with E-state index < -0.39 is 12.0 Å². The lowest BCUT2D eigenvalue weighted by Gasteiger charge is -2.16. The molecule has 2 N–H and O–H groups in total. The molecule has 0 fully saturated rings. The summed E-state index contributed by atoms with van der Waals surface area (Å²) in [7, 11) is 0. The zero-order valence-electron chi connectivity index (χ0n) is 12.4. The first-order valence-electron chi connectivity index (χ1n) is 6.95. The number of nitrogens with zero attached hydrogens (tertiary/aromatic N) is 1. The Morgan fingerprint density at radius 3 is 2.82 bits per heavy atom. The summed E-state index contributed by atoms with van der Waals surface area (Å²) in [6.07, 6.45) is 3.62. The Balaban J connectivity index is 1.95. The third-order valence-corrected chi connectivity index (χ3v) is 3.94. The van der Waals surface area contributed by atoms with E-state index in [-0.39, 0.29) is 18.2 Å². The van der Waals surface area contributed by atoms with Crippen LogP contribution in [0, 0.1) is 5.92 Å². The zero-order valence-corrected chi connectivity index (χ0v) is 13.2. The standard InChI is InChI=1S/C15H18N2O4S/c1-9(2)5-12(15(19)20)17-13(18)6-11-8-22-14(16-11)10-3-4-21-7-10/h3-4,7-9,12H,5-6H2,1-2H3,(H,17,18)(H,19,20)/t12-/m0/s1. The minimum Gasteiger partial charge on any atom is -0.480 e. The third kappa shape index (κ3) is 4.42. The van der Waals surface area contributed by atoms with Gasteiger partial charge in [-0.25, -0.2) is 9.78 Å². The molecule has 1 atom stereocenters. The Morgan fingerprint density at radius 1 is 1.45 bits per heavy atom. The van der Waals surface area contributed by atoms with Gasteiger partial charge in [0.2, 0.25) is 5.91 Å². The Morgan fingerprint density at radius 2 is 2.23 bits per heavy atom. The SMILES string of the molecule is CC(C)C[C@H](NC(=O)Cc1csc(-c2ccoc2)n1)C(=O)O. The molecule has 2 aromatic rings. The molecule has 22 heavy (non-hydrogen) atoms. The highest BCUT2D eigenvalue weighted by atomic mass is 32.1. The van der Waals surface area contributed by atoms with Crippen LogP contribution in [0.5, 0.6) is 0 Å². The van der Waals surface area contributed by atoms with Crippen LogP contribution >= 0.6 is 11.3 Å². The number of hydrogen-bond acceptors (Lipinski definition) is 5. The predicted molar refractivity (Wildman–Crippen MR) is 82.5 cm³/mol. The second kappa shape index (κ2) is 7.22. The number of thiazole rings is 1. The molecule has 6 nitrogen and oxygen atoms in total. The van der Waals surface area contributed by atoms with Gasteiger partial charge in [-0.1, -0.05) is 13.8 Å². The molecule has 0 unspecified atom stereocenters. The summed E-state index contributed by atoms with van der Waals surface area (Å²) in [6, 6.07) is 0.936. The molecule has 0 aromatic carbocycles. The maximum atomic E-state index is 12.0. The number of carboxylic acids is 1. The number of hydrogen-bond donors (Lipinski definition) is 2. The number of amides is 1. The van der Waals surface area contributed by atoms with Gasteiger partial charge in [-0.2, -0.15) is 0 Å². The van der Waals surface area contributed by atoms with Crippen molar-refractivity contribution in [1.29, 1.82) is 0 Å². The molecule has 0 radical (unpaired) electrons. The van der Waals surface area contributed by atoms with Crippen LogP contribution in [0.15, 0.2) is 28.4 Å². The minimum atomic E-state index is -1.01. The van der Waals surface area contributed by atoms with Gasteiger partial charge in [0.1, 0.15) is 17.3 Å². The molecule has 0 aliphatic heterocycles. The smallest absolute Gasteiger partial charge is 0.326 e. The molecule has 0 aliphatic rings. The first kappa shape index (κ1) is 16.2.